The Hall–Kier alpha value is -0.980. The number of thioether (sulfide) groups is 1. The fourth-order valence-electron chi connectivity index (χ4n) is 4.43. The van der Waals surface area contributed by atoms with Crippen molar-refractivity contribution < 1.29 is 14.3 Å². The minimum Gasteiger partial charge on any atom is -0.382 e. The van der Waals surface area contributed by atoms with E-state index >= 15 is 0 Å². The number of hydrogen-bond acceptors (Lipinski definition) is 4. The van der Waals surface area contributed by atoms with Crippen molar-refractivity contribution in [1.82, 2.24) is 10.2 Å². The molecule has 0 aromatic rings. The summed E-state index contributed by atoms with van der Waals surface area (Å²) >= 11 is 1.53. The van der Waals surface area contributed by atoms with Crippen LogP contribution < -0.4 is 5.32 Å². The molecule has 6 heteroatoms. The van der Waals surface area contributed by atoms with Gasteiger partial charge in [0, 0.05) is 25.8 Å². The van der Waals surface area contributed by atoms with Crippen molar-refractivity contribution in [2.75, 3.05) is 26.9 Å². The second-order valence-electron chi connectivity index (χ2n) is 8.30. The molecule has 2 amide bonds. The maximum atomic E-state index is 13.2. The Bertz CT molecular complexity index is 538. The summed E-state index contributed by atoms with van der Waals surface area (Å²) in [6.07, 6.45) is 12.4. The maximum absolute atomic E-state index is 13.2. The van der Waals surface area contributed by atoms with Crippen LogP contribution in [0.2, 0.25) is 0 Å². The van der Waals surface area contributed by atoms with Crippen LogP contribution >= 0.6 is 11.8 Å². The van der Waals surface area contributed by atoms with Crippen LogP contribution in [0.25, 0.3) is 0 Å². The van der Waals surface area contributed by atoms with Crippen LogP contribution in [-0.2, 0) is 9.47 Å². The van der Waals surface area contributed by atoms with Gasteiger partial charge in [-0.15, -0.1) is 0 Å². The Labute approximate surface area is 181 Å². The number of amides is 2. The Kier molecular flexibility index (Phi) is 11.2. The van der Waals surface area contributed by atoms with E-state index in [1.807, 2.05) is 19.9 Å². The monoisotopic (exact) mass is 424 g/mol. The van der Waals surface area contributed by atoms with Crippen molar-refractivity contribution in [3.05, 3.63) is 22.6 Å². The number of methoxy groups -OCH3 is 1. The topological polar surface area (TPSA) is 50.8 Å². The van der Waals surface area contributed by atoms with Gasteiger partial charge in [-0.1, -0.05) is 43.7 Å². The maximum Gasteiger partial charge on any atom is 0.322 e. The first-order chi connectivity index (χ1) is 14.0. The molecule has 0 spiro atoms. The van der Waals surface area contributed by atoms with Gasteiger partial charge in [-0.2, -0.15) is 0 Å². The first-order valence-corrected chi connectivity index (χ1v) is 12.0. The van der Waals surface area contributed by atoms with Crippen molar-refractivity contribution in [1.29, 1.82) is 0 Å². The van der Waals surface area contributed by atoms with Crippen LogP contribution in [0.3, 0.4) is 0 Å². The molecule has 0 bridgehead atoms. The molecule has 0 atom stereocenters. The van der Waals surface area contributed by atoms with Crippen LogP contribution in [0.15, 0.2) is 22.6 Å². The lowest BCUT2D eigenvalue weighted by Crippen LogP contribution is -2.52. The van der Waals surface area contributed by atoms with Gasteiger partial charge in [0.1, 0.15) is 0 Å². The quantitative estimate of drug-likeness (QED) is 0.458. The molecule has 2 aliphatic rings. The molecule has 0 aromatic carbocycles. The average molecular weight is 425 g/mol. The zero-order chi connectivity index (χ0) is 21.1. The second kappa shape index (κ2) is 13.3. The van der Waals surface area contributed by atoms with Crippen molar-refractivity contribution in [2.24, 2.45) is 5.92 Å². The molecule has 0 saturated heterocycles. The molecule has 29 heavy (non-hydrogen) atoms. The van der Waals surface area contributed by atoms with Gasteiger partial charge in [0.25, 0.3) is 0 Å². The molecule has 166 valence electrons. The highest BCUT2D eigenvalue weighted by Crippen LogP contribution is 2.33. The summed E-state index contributed by atoms with van der Waals surface area (Å²) in [6, 6.07) is 0.732. The molecule has 2 fully saturated rings. The molecule has 1 N–H and O–H groups in total. The molecule has 0 unspecified atom stereocenters. The van der Waals surface area contributed by atoms with E-state index in [-0.39, 0.29) is 6.03 Å². The third kappa shape index (κ3) is 8.35. The number of ether oxygens (including phenoxy) is 2. The number of rotatable bonds is 10. The Balaban J connectivity index is 1.92. The van der Waals surface area contributed by atoms with Crippen LogP contribution in [0.1, 0.15) is 71.6 Å². The fraction of sp³-hybridized carbons (Fsp3) is 0.783. The summed E-state index contributed by atoms with van der Waals surface area (Å²) in [7, 11) is 1.70. The zero-order valence-electron chi connectivity index (χ0n) is 18.6. The molecule has 2 rings (SSSR count). The number of carbonyl (C=O) groups excluding carboxylic acids is 1. The van der Waals surface area contributed by atoms with Gasteiger partial charge in [0.05, 0.1) is 18.2 Å². The van der Waals surface area contributed by atoms with Crippen LogP contribution in [0.5, 0.6) is 0 Å². The van der Waals surface area contributed by atoms with Gasteiger partial charge in [-0.25, -0.2) is 4.79 Å². The summed E-state index contributed by atoms with van der Waals surface area (Å²) in [4.78, 5) is 16.6. The van der Waals surface area contributed by atoms with Crippen molar-refractivity contribution >= 4 is 17.8 Å². The summed E-state index contributed by atoms with van der Waals surface area (Å²) in [5.74, 6) is 0.599. The third-order valence-corrected chi connectivity index (χ3v) is 7.04. The summed E-state index contributed by atoms with van der Waals surface area (Å²) in [5, 5.41) is 3.79. The van der Waals surface area contributed by atoms with E-state index in [0.717, 1.165) is 50.0 Å². The lowest BCUT2D eigenvalue weighted by molar-refractivity contribution is 0.0321. The van der Waals surface area contributed by atoms with Crippen molar-refractivity contribution in [3.8, 4) is 0 Å². The second-order valence-corrected chi connectivity index (χ2v) is 9.64. The van der Waals surface area contributed by atoms with Crippen molar-refractivity contribution in [2.45, 2.75) is 83.7 Å². The normalized spacial score (nSPS) is 23.6. The van der Waals surface area contributed by atoms with Gasteiger partial charge in [-0.3, -0.25) is 0 Å². The van der Waals surface area contributed by atoms with Crippen LogP contribution in [0, 0.1) is 5.92 Å². The van der Waals surface area contributed by atoms with Crippen LogP contribution in [0.4, 0.5) is 4.79 Å². The van der Waals surface area contributed by atoms with E-state index in [2.05, 4.69) is 16.8 Å². The number of nitrogens with zero attached hydrogens (tertiary/aromatic N) is 1. The zero-order valence-corrected chi connectivity index (χ0v) is 19.4. The molecule has 2 saturated carbocycles. The molecule has 0 aliphatic heterocycles. The highest BCUT2D eigenvalue weighted by Gasteiger charge is 2.34. The number of nitrogens with one attached hydrogen (secondary N) is 1. The Morgan fingerprint density at radius 1 is 1.10 bits per heavy atom. The summed E-state index contributed by atoms with van der Waals surface area (Å²) in [5.41, 5.74) is 0. The van der Waals surface area contributed by atoms with Gasteiger partial charge in [0.2, 0.25) is 0 Å². The SMILES string of the molecule is C=C(NC(=O)N(C1CCCCC1)C1CCC(COCCOC)CC1)S/C(C)=C\C. The van der Waals surface area contributed by atoms with Crippen LogP contribution in [-0.4, -0.2) is 49.9 Å². The van der Waals surface area contributed by atoms with E-state index in [4.69, 9.17) is 9.47 Å². The molecule has 5 nitrogen and oxygen atoms in total. The number of carbonyl (C=O) groups is 1. The minimum atomic E-state index is 0.0399. The molecule has 0 aromatic heterocycles. The largest absolute Gasteiger partial charge is 0.382 e. The molecule has 2 aliphatic carbocycles. The third-order valence-electron chi connectivity index (χ3n) is 6.13. The van der Waals surface area contributed by atoms with E-state index in [1.54, 1.807) is 7.11 Å². The predicted octanol–water partition coefficient (Wildman–Crippen LogP) is 5.68. The van der Waals surface area contributed by atoms with Gasteiger partial charge < -0.3 is 19.7 Å². The summed E-state index contributed by atoms with van der Waals surface area (Å²) < 4.78 is 10.8. The first-order valence-electron chi connectivity index (χ1n) is 11.2. The lowest BCUT2D eigenvalue weighted by Gasteiger charge is -2.43. The lowest BCUT2D eigenvalue weighted by atomic mass is 9.84. The smallest absolute Gasteiger partial charge is 0.322 e. The molecular weight excluding hydrogens is 384 g/mol. The Morgan fingerprint density at radius 2 is 1.76 bits per heavy atom. The average Bonchev–Trinajstić information content (AvgIpc) is 2.73. The molecule has 0 radical (unpaired) electrons. The number of hydrogen-bond donors (Lipinski definition) is 1. The molecule has 0 heterocycles. The van der Waals surface area contributed by atoms with Gasteiger partial charge in [-0.05, 0) is 63.2 Å². The number of allylic oxidation sites excluding steroid dienone is 2. The van der Waals surface area contributed by atoms with E-state index in [9.17, 15) is 4.79 Å². The highest BCUT2D eigenvalue weighted by molar-refractivity contribution is 8.06. The minimum absolute atomic E-state index is 0.0399. The van der Waals surface area contributed by atoms with E-state index < -0.39 is 0 Å². The summed E-state index contributed by atoms with van der Waals surface area (Å²) in [6.45, 7) is 10.2. The van der Waals surface area contributed by atoms with Crippen molar-refractivity contribution in [3.63, 3.8) is 0 Å². The number of urea groups is 1. The standard InChI is InChI=1S/C23H40N2O3S/c1-5-18(2)29-19(3)24-23(26)25(21-9-7-6-8-10-21)22-13-11-20(12-14-22)17-28-16-15-27-4/h5,20-22H,3,6-17H2,1-2,4H3,(H,24,26)/b18-5-. The highest BCUT2D eigenvalue weighted by atomic mass is 32.2. The van der Waals surface area contributed by atoms with E-state index in [0.29, 0.717) is 36.2 Å². The van der Waals surface area contributed by atoms with E-state index in [1.165, 1.54) is 31.0 Å². The van der Waals surface area contributed by atoms with Gasteiger partial charge >= 0.3 is 6.03 Å². The van der Waals surface area contributed by atoms with Gasteiger partial charge in [0.15, 0.2) is 0 Å². The fourth-order valence-corrected chi connectivity index (χ4v) is 5.08. The predicted molar refractivity (Wildman–Crippen MR) is 122 cm³/mol. The Morgan fingerprint density at radius 3 is 2.38 bits per heavy atom. The first kappa shape index (κ1) is 24.3. The molecular formula is C23H40N2O3S.